The number of carbonyl (C=O) groups is 3. The lowest BCUT2D eigenvalue weighted by Crippen LogP contribution is -2.52. The molecule has 2 aliphatic rings. The molecule has 1 saturated heterocycles. The Morgan fingerprint density at radius 2 is 2.26 bits per heavy atom. The lowest BCUT2D eigenvalue weighted by molar-refractivity contribution is -0.136. The molecule has 3 rings (SSSR count). The Morgan fingerprint density at radius 1 is 1.47 bits per heavy atom. The molecular weight excluding hydrogens is 246 g/mol. The van der Waals surface area contributed by atoms with Crippen LogP contribution in [0.1, 0.15) is 31.5 Å². The van der Waals surface area contributed by atoms with Crippen LogP contribution in [0.4, 0.5) is 5.69 Å². The number of amides is 3. The summed E-state index contributed by atoms with van der Waals surface area (Å²) in [6, 6.07) is 2.03. The van der Waals surface area contributed by atoms with Crippen molar-refractivity contribution in [2.75, 3.05) is 5.73 Å². The van der Waals surface area contributed by atoms with Gasteiger partial charge in [0.25, 0.3) is 5.91 Å². The summed E-state index contributed by atoms with van der Waals surface area (Å²) in [7, 11) is 0. The highest BCUT2D eigenvalue weighted by Crippen LogP contribution is 2.30. The van der Waals surface area contributed by atoms with Crippen LogP contribution in [0.15, 0.2) is 18.2 Å². The number of hydrogen-bond donors (Lipinski definition) is 2. The Labute approximate surface area is 112 Å². The van der Waals surface area contributed by atoms with Gasteiger partial charge in [-0.05, 0) is 18.5 Å². The number of nitrogens with one attached hydrogen (secondary N) is 1. The van der Waals surface area contributed by atoms with Gasteiger partial charge in [0.15, 0.2) is 0 Å². The van der Waals surface area contributed by atoms with E-state index in [1.54, 1.807) is 0 Å². The molecule has 2 unspecified atom stereocenters. The lowest BCUT2D eigenvalue weighted by atomic mass is 10.0. The van der Waals surface area contributed by atoms with E-state index in [9.17, 15) is 14.4 Å². The van der Waals surface area contributed by atoms with Gasteiger partial charge in [0, 0.05) is 29.8 Å². The standard InChI is InChI=1S/C13H13N3O3/c14-9-3-1-2-7-8(9)6-16(13(7)19)10-4-5-11(17)15-12(10)18/h1-3,10H,4-6,14H2,(H,15,17,18)/i3D,6D. The molecule has 19 heavy (non-hydrogen) atoms. The van der Waals surface area contributed by atoms with Crippen LogP contribution in [0.25, 0.3) is 0 Å². The van der Waals surface area contributed by atoms with Gasteiger partial charge in [-0.15, -0.1) is 0 Å². The van der Waals surface area contributed by atoms with Crippen molar-refractivity contribution in [1.82, 2.24) is 10.2 Å². The van der Waals surface area contributed by atoms with Gasteiger partial charge < -0.3 is 10.6 Å². The van der Waals surface area contributed by atoms with E-state index in [-0.39, 0.29) is 41.6 Å². The fourth-order valence-electron chi connectivity index (χ4n) is 2.37. The molecule has 98 valence electrons. The first kappa shape index (κ1) is 9.55. The molecule has 0 aromatic heterocycles. The highest BCUT2D eigenvalue weighted by molar-refractivity contribution is 6.06. The molecule has 2 aliphatic heterocycles. The molecular formula is C13H13N3O3. The van der Waals surface area contributed by atoms with Crippen molar-refractivity contribution in [1.29, 1.82) is 0 Å². The number of carbonyl (C=O) groups excluding carboxylic acids is 3. The summed E-state index contributed by atoms with van der Waals surface area (Å²) in [5.74, 6) is -1.42. The van der Waals surface area contributed by atoms with Crippen LogP contribution in [-0.2, 0) is 16.1 Å². The first-order valence-corrected chi connectivity index (χ1v) is 5.89. The number of nitrogens with two attached hydrogens (primary N) is 1. The number of piperidine rings is 1. The Morgan fingerprint density at radius 3 is 3.00 bits per heavy atom. The third kappa shape index (κ3) is 1.76. The summed E-state index contributed by atoms with van der Waals surface area (Å²) in [5, 5.41) is 2.18. The molecule has 3 N–H and O–H groups in total. The van der Waals surface area contributed by atoms with Crippen molar-refractivity contribution in [3.05, 3.63) is 29.3 Å². The topological polar surface area (TPSA) is 92.5 Å². The van der Waals surface area contributed by atoms with Crippen molar-refractivity contribution < 1.29 is 17.1 Å². The Balaban J connectivity index is 2.00. The molecule has 0 bridgehead atoms. The summed E-state index contributed by atoms with van der Waals surface area (Å²) in [6.07, 6.45) is 0.315. The van der Waals surface area contributed by atoms with Crippen LogP contribution in [-0.4, -0.2) is 28.7 Å². The first-order chi connectivity index (χ1) is 9.91. The zero-order valence-electron chi connectivity index (χ0n) is 12.0. The van der Waals surface area contributed by atoms with Gasteiger partial charge in [-0.2, -0.15) is 0 Å². The number of benzene rings is 1. The van der Waals surface area contributed by atoms with E-state index in [4.69, 9.17) is 8.48 Å². The largest absolute Gasteiger partial charge is 0.398 e. The second-order valence-corrected chi connectivity index (χ2v) is 4.53. The maximum Gasteiger partial charge on any atom is 0.255 e. The molecule has 3 amide bonds. The number of rotatable bonds is 1. The maximum atomic E-state index is 12.4. The van der Waals surface area contributed by atoms with Gasteiger partial charge in [-0.3, -0.25) is 19.7 Å². The molecule has 2 atom stereocenters. The van der Waals surface area contributed by atoms with Crippen LogP contribution in [0.3, 0.4) is 0 Å². The van der Waals surface area contributed by atoms with E-state index < -0.39 is 24.4 Å². The van der Waals surface area contributed by atoms with Crippen molar-refractivity contribution >= 4 is 23.4 Å². The van der Waals surface area contributed by atoms with Crippen LogP contribution in [0.5, 0.6) is 0 Å². The summed E-state index contributed by atoms with van der Waals surface area (Å²) < 4.78 is 15.9. The predicted molar refractivity (Wildman–Crippen MR) is 66.9 cm³/mol. The molecule has 0 radical (unpaired) electrons. The van der Waals surface area contributed by atoms with Gasteiger partial charge in [0.05, 0.1) is 2.74 Å². The molecule has 6 nitrogen and oxygen atoms in total. The minimum absolute atomic E-state index is 0.0453. The van der Waals surface area contributed by atoms with Crippen LogP contribution in [0.2, 0.25) is 0 Å². The molecule has 2 heterocycles. The monoisotopic (exact) mass is 261 g/mol. The van der Waals surface area contributed by atoms with Crippen molar-refractivity contribution in [3.8, 4) is 0 Å². The molecule has 6 heteroatoms. The number of fused-ring (bicyclic) bond motifs is 1. The minimum atomic E-state index is -1.14. The number of anilines is 1. The Kier molecular flexibility index (Phi) is 2.05. The Hall–Kier alpha value is -2.37. The zero-order valence-corrected chi connectivity index (χ0v) is 9.97. The fourth-order valence-corrected chi connectivity index (χ4v) is 2.37. The molecule has 1 aromatic carbocycles. The van der Waals surface area contributed by atoms with E-state index in [2.05, 4.69) is 5.32 Å². The van der Waals surface area contributed by atoms with Crippen molar-refractivity contribution in [2.24, 2.45) is 0 Å². The van der Waals surface area contributed by atoms with Crippen LogP contribution in [0, 0.1) is 0 Å². The van der Waals surface area contributed by atoms with Crippen LogP contribution < -0.4 is 11.1 Å². The smallest absolute Gasteiger partial charge is 0.255 e. The van der Waals surface area contributed by atoms with Crippen molar-refractivity contribution in [3.63, 3.8) is 0 Å². The summed E-state index contributed by atoms with van der Waals surface area (Å²) in [6.45, 7) is -1.14. The number of imide groups is 1. The third-order valence-electron chi connectivity index (χ3n) is 3.35. The summed E-state index contributed by atoms with van der Waals surface area (Å²) in [5.41, 5.74) is 6.38. The SMILES string of the molecule is [2H]c1ccc2c(c1N)C([2H])N(C1CCC(=O)NC1=O)C2=O. The molecule has 1 aromatic rings. The van der Waals surface area contributed by atoms with E-state index in [1.165, 1.54) is 12.1 Å². The van der Waals surface area contributed by atoms with Gasteiger partial charge in [-0.25, -0.2) is 0 Å². The second-order valence-electron chi connectivity index (χ2n) is 4.53. The lowest BCUT2D eigenvalue weighted by Gasteiger charge is -2.29. The average molecular weight is 261 g/mol. The molecule has 0 aliphatic carbocycles. The van der Waals surface area contributed by atoms with E-state index >= 15 is 0 Å². The quantitative estimate of drug-likeness (QED) is 0.551. The normalized spacial score (nSPS) is 27.8. The Bertz CT molecular complexity index is 677. The van der Waals surface area contributed by atoms with Gasteiger partial charge in [-0.1, -0.05) is 6.07 Å². The summed E-state index contributed by atoms with van der Waals surface area (Å²) >= 11 is 0. The first-order valence-electron chi connectivity index (χ1n) is 6.97. The van der Waals surface area contributed by atoms with E-state index in [0.29, 0.717) is 0 Å². The zero-order chi connectivity index (χ0) is 15.3. The average Bonchev–Trinajstić information content (AvgIpc) is 2.67. The highest BCUT2D eigenvalue weighted by atomic mass is 16.2. The second kappa shape index (κ2) is 4.08. The fraction of sp³-hybridized carbons (Fsp3) is 0.308. The summed E-state index contributed by atoms with van der Waals surface area (Å²) in [4.78, 5) is 36.6. The molecule has 0 spiro atoms. The highest BCUT2D eigenvalue weighted by Gasteiger charge is 2.39. The van der Waals surface area contributed by atoms with E-state index in [1.807, 2.05) is 0 Å². The third-order valence-corrected chi connectivity index (χ3v) is 3.35. The van der Waals surface area contributed by atoms with Gasteiger partial charge >= 0.3 is 0 Å². The predicted octanol–water partition coefficient (Wildman–Crippen LogP) is 0.0298. The van der Waals surface area contributed by atoms with Crippen LogP contribution >= 0.6 is 0 Å². The molecule has 0 saturated carbocycles. The molecule has 1 fully saturated rings. The van der Waals surface area contributed by atoms with E-state index in [0.717, 1.165) is 4.90 Å². The van der Waals surface area contributed by atoms with Crippen molar-refractivity contribution in [2.45, 2.75) is 25.4 Å². The van der Waals surface area contributed by atoms with Gasteiger partial charge in [0.1, 0.15) is 6.04 Å². The van der Waals surface area contributed by atoms with Gasteiger partial charge in [0.2, 0.25) is 11.8 Å². The number of nitrogen functional groups attached to an aromatic ring is 1. The minimum Gasteiger partial charge on any atom is -0.398 e. The number of hydrogen-bond acceptors (Lipinski definition) is 4. The maximum absolute atomic E-state index is 12.4. The number of nitrogens with zero attached hydrogens (tertiary/aromatic N) is 1.